The van der Waals surface area contributed by atoms with Crippen molar-refractivity contribution >= 4 is 17.4 Å². The molecular formula is C27H27N3O2. The highest BCUT2D eigenvalue weighted by Crippen LogP contribution is 2.47. The highest BCUT2D eigenvalue weighted by atomic mass is 16.5. The predicted octanol–water partition coefficient (Wildman–Crippen LogP) is 4.28. The molecule has 3 aromatic carbocycles. The van der Waals surface area contributed by atoms with E-state index in [4.69, 9.17) is 15.5 Å². The number of nitrogens with two attached hydrogens (primary N) is 1. The number of aliphatic imine (C=N–C) groups is 1. The van der Waals surface area contributed by atoms with Crippen molar-refractivity contribution in [1.82, 2.24) is 0 Å². The summed E-state index contributed by atoms with van der Waals surface area (Å²) in [6.45, 7) is 2.04. The van der Waals surface area contributed by atoms with Crippen molar-refractivity contribution in [3.63, 3.8) is 0 Å². The first-order valence-electron chi connectivity index (χ1n) is 10.7. The summed E-state index contributed by atoms with van der Waals surface area (Å²) < 4.78 is 5.47. The number of carbonyl (C=O) groups is 1. The van der Waals surface area contributed by atoms with E-state index in [1.165, 1.54) is 0 Å². The number of rotatable bonds is 6. The first-order chi connectivity index (χ1) is 15.5. The first-order valence-corrected chi connectivity index (χ1v) is 10.7. The summed E-state index contributed by atoms with van der Waals surface area (Å²) in [4.78, 5) is 20.1. The fraction of sp³-hybridized carbons (Fsp3) is 0.185. The lowest BCUT2D eigenvalue weighted by Crippen LogP contribution is -2.41. The van der Waals surface area contributed by atoms with Crippen LogP contribution >= 0.6 is 0 Å². The summed E-state index contributed by atoms with van der Waals surface area (Å²) in [6, 6.07) is 27.9. The third-order valence-electron chi connectivity index (χ3n) is 5.77. The van der Waals surface area contributed by atoms with Gasteiger partial charge in [-0.3, -0.25) is 0 Å². The molecule has 3 aromatic rings. The van der Waals surface area contributed by atoms with Crippen LogP contribution in [0.1, 0.15) is 23.6 Å². The molecule has 0 amide bonds. The molecule has 0 aliphatic carbocycles. The highest BCUT2D eigenvalue weighted by Gasteiger charge is 2.52. The molecule has 0 saturated carbocycles. The monoisotopic (exact) mass is 425 g/mol. The first kappa shape index (κ1) is 21.4. The minimum Gasteiger partial charge on any atom is -0.462 e. The Bertz CT molecular complexity index is 1130. The topological polar surface area (TPSA) is 67.9 Å². The van der Waals surface area contributed by atoms with Gasteiger partial charge in [-0.05, 0) is 35.7 Å². The Hall–Kier alpha value is -3.86. The van der Waals surface area contributed by atoms with Gasteiger partial charge < -0.3 is 15.4 Å². The largest absolute Gasteiger partial charge is 0.462 e. The maximum atomic E-state index is 13.3. The van der Waals surface area contributed by atoms with E-state index in [9.17, 15) is 4.79 Å². The van der Waals surface area contributed by atoms with E-state index in [1.807, 2.05) is 104 Å². The molecule has 0 unspecified atom stereocenters. The molecule has 0 spiro atoms. The van der Waals surface area contributed by atoms with Crippen LogP contribution < -0.4 is 10.6 Å². The van der Waals surface area contributed by atoms with Crippen molar-refractivity contribution in [2.75, 3.05) is 25.6 Å². The fourth-order valence-electron chi connectivity index (χ4n) is 4.34. The number of carbonyl (C=O) groups excluding carboxylic acids is 1. The SMILES string of the molecule is CCOC(=O)C1=C(N)N=C(c2ccc(N(C)C)cc2)C1(c1ccccc1)c1ccccc1. The molecule has 5 heteroatoms. The van der Waals surface area contributed by atoms with E-state index in [0.717, 1.165) is 22.4 Å². The number of anilines is 1. The van der Waals surface area contributed by atoms with Crippen LogP contribution in [0.2, 0.25) is 0 Å². The van der Waals surface area contributed by atoms with Crippen molar-refractivity contribution in [1.29, 1.82) is 0 Å². The predicted molar refractivity (Wildman–Crippen MR) is 129 cm³/mol. The lowest BCUT2D eigenvalue weighted by Gasteiger charge is -2.34. The van der Waals surface area contributed by atoms with Crippen LogP contribution in [-0.4, -0.2) is 32.4 Å². The van der Waals surface area contributed by atoms with E-state index in [-0.39, 0.29) is 12.4 Å². The van der Waals surface area contributed by atoms with Crippen molar-refractivity contribution in [3.05, 3.63) is 113 Å². The van der Waals surface area contributed by atoms with Crippen LogP contribution in [0.5, 0.6) is 0 Å². The van der Waals surface area contributed by atoms with E-state index < -0.39 is 11.4 Å². The second-order valence-corrected chi connectivity index (χ2v) is 7.86. The van der Waals surface area contributed by atoms with Crippen LogP contribution in [0, 0.1) is 0 Å². The molecule has 4 rings (SSSR count). The third kappa shape index (κ3) is 3.46. The van der Waals surface area contributed by atoms with Gasteiger partial charge in [0.1, 0.15) is 11.4 Å². The van der Waals surface area contributed by atoms with Crippen molar-refractivity contribution in [2.45, 2.75) is 12.3 Å². The Kier molecular flexibility index (Phi) is 5.82. The summed E-state index contributed by atoms with van der Waals surface area (Å²) >= 11 is 0. The van der Waals surface area contributed by atoms with Crippen LogP contribution in [0.4, 0.5) is 5.69 Å². The lowest BCUT2D eigenvalue weighted by molar-refractivity contribution is -0.139. The van der Waals surface area contributed by atoms with Gasteiger partial charge in [-0.2, -0.15) is 0 Å². The van der Waals surface area contributed by atoms with Crippen LogP contribution in [-0.2, 0) is 14.9 Å². The molecule has 0 fully saturated rings. The number of ether oxygens (including phenoxy) is 1. The second-order valence-electron chi connectivity index (χ2n) is 7.86. The standard InChI is InChI=1S/C27H27N3O2/c1-4-32-26(31)23-25(28)29-24(19-15-17-22(18-16-19)30(2)3)27(23,20-11-7-5-8-12-20)21-13-9-6-10-14-21/h5-18H,4,28H2,1-3H3. The summed E-state index contributed by atoms with van der Waals surface area (Å²) in [7, 11) is 4.00. The highest BCUT2D eigenvalue weighted by molar-refractivity contribution is 6.20. The maximum absolute atomic E-state index is 13.3. The average Bonchev–Trinajstić information content (AvgIpc) is 3.14. The molecular weight excluding hydrogens is 398 g/mol. The third-order valence-corrected chi connectivity index (χ3v) is 5.77. The van der Waals surface area contributed by atoms with Crippen LogP contribution in [0.3, 0.4) is 0 Å². The Morgan fingerprint density at radius 1 is 0.906 bits per heavy atom. The quantitative estimate of drug-likeness (QED) is 0.599. The summed E-state index contributed by atoms with van der Waals surface area (Å²) in [5, 5.41) is 0. The van der Waals surface area contributed by atoms with Crippen molar-refractivity contribution in [2.24, 2.45) is 10.7 Å². The Labute approximate surface area is 188 Å². The number of esters is 1. The van der Waals surface area contributed by atoms with Crippen molar-refractivity contribution in [3.8, 4) is 0 Å². The van der Waals surface area contributed by atoms with Gasteiger partial charge in [0.2, 0.25) is 0 Å². The van der Waals surface area contributed by atoms with E-state index in [2.05, 4.69) is 0 Å². The van der Waals surface area contributed by atoms with Gasteiger partial charge in [-0.25, -0.2) is 9.79 Å². The van der Waals surface area contributed by atoms with E-state index >= 15 is 0 Å². The van der Waals surface area contributed by atoms with Gasteiger partial charge in [0.15, 0.2) is 0 Å². The normalized spacial score (nSPS) is 14.8. The maximum Gasteiger partial charge on any atom is 0.339 e. The summed E-state index contributed by atoms with van der Waals surface area (Å²) in [5.74, 6) is -0.274. The Balaban J connectivity index is 2.03. The minimum atomic E-state index is -0.988. The Morgan fingerprint density at radius 2 is 1.44 bits per heavy atom. The number of hydrogen-bond acceptors (Lipinski definition) is 5. The number of benzene rings is 3. The number of hydrogen-bond donors (Lipinski definition) is 1. The van der Waals surface area contributed by atoms with E-state index in [1.54, 1.807) is 6.92 Å². The molecule has 1 aliphatic heterocycles. The zero-order valence-corrected chi connectivity index (χ0v) is 18.6. The van der Waals surface area contributed by atoms with Gasteiger partial charge >= 0.3 is 5.97 Å². The summed E-state index contributed by atoms with van der Waals surface area (Å²) in [6.07, 6.45) is 0. The van der Waals surface area contributed by atoms with Gasteiger partial charge in [-0.15, -0.1) is 0 Å². The average molecular weight is 426 g/mol. The van der Waals surface area contributed by atoms with E-state index in [0.29, 0.717) is 11.3 Å². The molecule has 0 aromatic heterocycles. The van der Waals surface area contributed by atoms with Gasteiger partial charge in [-0.1, -0.05) is 72.8 Å². The molecule has 0 saturated heterocycles. The van der Waals surface area contributed by atoms with Crippen LogP contribution in [0.15, 0.2) is 101 Å². The zero-order chi connectivity index (χ0) is 22.7. The summed E-state index contributed by atoms with van der Waals surface area (Å²) in [5.41, 5.74) is 10.3. The molecule has 32 heavy (non-hydrogen) atoms. The molecule has 162 valence electrons. The molecule has 0 radical (unpaired) electrons. The van der Waals surface area contributed by atoms with Gasteiger partial charge in [0, 0.05) is 19.8 Å². The molecule has 0 atom stereocenters. The molecule has 1 aliphatic rings. The zero-order valence-electron chi connectivity index (χ0n) is 18.6. The smallest absolute Gasteiger partial charge is 0.339 e. The molecule has 1 heterocycles. The lowest BCUT2D eigenvalue weighted by atomic mass is 9.65. The second kappa shape index (κ2) is 8.71. The van der Waals surface area contributed by atoms with Gasteiger partial charge in [0.05, 0.1) is 17.7 Å². The molecule has 0 bridgehead atoms. The Morgan fingerprint density at radius 3 is 1.91 bits per heavy atom. The minimum absolute atomic E-state index is 0.183. The van der Waals surface area contributed by atoms with Crippen LogP contribution in [0.25, 0.3) is 0 Å². The number of nitrogens with zero attached hydrogens (tertiary/aromatic N) is 2. The molecule has 5 nitrogen and oxygen atoms in total. The molecule has 2 N–H and O–H groups in total. The van der Waals surface area contributed by atoms with Crippen molar-refractivity contribution < 1.29 is 9.53 Å². The van der Waals surface area contributed by atoms with Gasteiger partial charge in [0.25, 0.3) is 0 Å². The fourth-order valence-corrected chi connectivity index (χ4v) is 4.34.